The summed E-state index contributed by atoms with van der Waals surface area (Å²) in [6.45, 7) is 7.61. The van der Waals surface area contributed by atoms with E-state index < -0.39 is 28.7 Å². The molecule has 0 aliphatic carbocycles. The van der Waals surface area contributed by atoms with Crippen molar-refractivity contribution in [2.75, 3.05) is 38.6 Å². The van der Waals surface area contributed by atoms with Crippen LogP contribution >= 0.6 is 0 Å². The van der Waals surface area contributed by atoms with Crippen molar-refractivity contribution in [3.63, 3.8) is 0 Å². The third-order valence-corrected chi connectivity index (χ3v) is 7.88. The Balaban J connectivity index is 2.55. The number of carbonyl (C=O) groups excluding carboxylic acids is 2. The van der Waals surface area contributed by atoms with Gasteiger partial charge in [0.25, 0.3) is 0 Å². The zero-order valence-electron chi connectivity index (χ0n) is 22.9. The smallest absolute Gasteiger partial charge is 0.304 e. The van der Waals surface area contributed by atoms with Crippen LogP contribution in [0.1, 0.15) is 43.4 Å². The van der Waals surface area contributed by atoms with Gasteiger partial charge in [0.2, 0.25) is 11.8 Å². The number of amides is 2. The fourth-order valence-corrected chi connectivity index (χ4v) is 5.06. The molecule has 0 saturated carbocycles. The summed E-state index contributed by atoms with van der Waals surface area (Å²) in [5.41, 5.74) is 2.77. The van der Waals surface area contributed by atoms with Gasteiger partial charge in [0, 0.05) is 27.2 Å². The molecule has 0 bridgehead atoms. The number of anilines is 1. The van der Waals surface area contributed by atoms with E-state index >= 15 is 0 Å². The van der Waals surface area contributed by atoms with Gasteiger partial charge in [0.1, 0.15) is 18.3 Å². The molecule has 2 amide bonds. The Morgan fingerprint density at radius 1 is 1.05 bits per heavy atom. The molecule has 0 saturated heterocycles. The molecule has 10 heteroatoms. The minimum Gasteiger partial charge on any atom is -0.497 e. The summed E-state index contributed by atoms with van der Waals surface area (Å²) in [5.74, 6) is -0.123. The molecule has 0 radical (unpaired) electrons. The van der Waals surface area contributed by atoms with Crippen LogP contribution in [0, 0.1) is 13.8 Å². The van der Waals surface area contributed by atoms with E-state index in [1.54, 1.807) is 32.2 Å². The summed E-state index contributed by atoms with van der Waals surface area (Å²) in [6, 6.07) is 12.0. The van der Waals surface area contributed by atoms with Gasteiger partial charge in [0.15, 0.2) is 0 Å². The second-order valence-corrected chi connectivity index (χ2v) is 11.2. The molecule has 0 spiro atoms. The zero-order valence-corrected chi connectivity index (χ0v) is 23.8. The van der Waals surface area contributed by atoms with Gasteiger partial charge in [0.05, 0.1) is 12.8 Å². The summed E-state index contributed by atoms with van der Waals surface area (Å²) in [5, 5.41) is 2.88. The first-order valence-electron chi connectivity index (χ1n) is 12.4. The Kier molecular flexibility index (Phi) is 10.9. The molecule has 0 fully saturated rings. The van der Waals surface area contributed by atoms with Crippen LogP contribution in [0.5, 0.6) is 5.75 Å². The van der Waals surface area contributed by atoms with Crippen molar-refractivity contribution in [3.8, 4) is 5.75 Å². The van der Waals surface area contributed by atoms with Crippen LogP contribution in [-0.2, 0) is 26.3 Å². The van der Waals surface area contributed by atoms with Crippen molar-refractivity contribution < 1.29 is 22.7 Å². The number of ether oxygens (including phenoxy) is 1. The summed E-state index contributed by atoms with van der Waals surface area (Å²) in [4.78, 5) is 28.5. The van der Waals surface area contributed by atoms with Crippen molar-refractivity contribution in [1.82, 2.24) is 14.5 Å². The lowest BCUT2D eigenvalue weighted by atomic mass is 10.1. The molecule has 0 aliphatic heterocycles. The molecule has 2 aromatic rings. The number of methoxy groups -OCH3 is 1. The van der Waals surface area contributed by atoms with E-state index in [4.69, 9.17) is 4.74 Å². The summed E-state index contributed by atoms with van der Waals surface area (Å²) >= 11 is 0. The number of carbonyl (C=O) groups is 2. The van der Waals surface area contributed by atoms with Crippen LogP contribution < -0.4 is 14.4 Å². The Labute approximate surface area is 221 Å². The topological polar surface area (TPSA) is 99.3 Å². The van der Waals surface area contributed by atoms with Crippen LogP contribution in [0.25, 0.3) is 0 Å². The van der Waals surface area contributed by atoms with Crippen molar-refractivity contribution in [3.05, 3.63) is 59.2 Å². The van der Waals surface area contributed by atoms with Gasteiger partial charge < -0.3 is 15.0 Å². The maximum Gasteiger partial charge on any atom is 0.304 e. The Hall–Kier alpha value is -3.11. The highest BCUT2D eigenvalue weighted by Gasteiger charge is 2.34. The summed E-state index contributed by atoms with van der Waals surface area (Å²) in [7, 11) is 0.406. The number of nitrogens with zero attached hydrogens (tertiary/aromatic N) is 3. The predicted molar refractivity (Wildman–Crippen MR) is 147 cm³/mol. The maximum atomic E-state index is 13.9. The molecular formula is C27H40N4O5S. The standard InChI is InChI=1S/C27H40N4O5S/c1-8-15-28-27(33)24(9-2)30(18-22-11-10-12-23(17-22)36-7)26(32)19-31(37(34,35)29(5)6)25-16-20(3)13-14-21(25)4/h10-14,16-17,24H,8-9,15,18-19H2,1-7H3,(H,28,33). The van der Waals surface area contributed by atoms with Crippen LogP contribution in [0.2, 0.25) is 0 Å². The Bertz CT molecular complexity index is 1180. The molecule has 9 nitrogen and oxygen atoms in total. The first-order chi connectivity index (χ1) is 17.5. The van der Waals surface area contributed by atoms with Crippen molar-refractivity contribution in [2.24, 2.45) is 0 Å². The van der Waals surface area contributed by atoms with E-state index in [1.165, 1.54) is 19.0 Å². The fourth-order valence-electron chi connectivity index (χ4n) is 3.94. The molecule has 204 valence electrons. The van der Waals surface area contributed by atoms with Gasteiger partial charge in [-0.2, -0.15) is 12.7 Å². The Morgan fingerprint density at radius 3 is 2.35 bits per heavy atom. The maximum absolute atomic E-state index is 13.9. The fraction of sp³-hybridized carbons (Fsp3) is 0.481. The largest absolute Gasteiger partial charge is 0.497 e. The van der Waals surface area contributed by atoms with Gasteiger partial charge in [-0.3, -0.25) is 9.59 Å². The quantitative estimate of drug-likeness (QED) is 0.427. The summed E-state index contributed by atoms with van der Waals surface area (Å²) in [6.07, 6.45) is 1.13. The predicted octanol–water partition coefficient (Wildman–Crippen LogP) is 3.26. The number of hydrogen-bond donors (Lipinski definition) is 1. The van der Waals surface area contributed by atoms with E-state index in [0.717, 1.165) is 31.7 Å². The molecule has 1 N–H and O–H groups in total. The van der Waals surface area contributed by atoms with Gasteiger partial charge in [-0.1, -0.05) is 38.1 Å². The SMILES string of the molecule is CCCNC(=O)C(CC)N(Cc1cccc(OC)c1)C(=O)CN(c1cc(C)ccc1C)S(=O)(=O)N(C)C. The van der Waals surface area contributed by atoms with Crippen molar-refractivity contribution in [1.29, 1.82) is 0 Å². The van der Waals surface area contributed by atoms with E-state index in [1.807, 2.05) is 45.0 Å². The average Bonchev–Trinajstić information content (AvgIpc) is 2.87. The molecular weight excluding hydrogens is 492 g/mol. The van der Waals surface area contributed by atoms with Crippen LogP contribution in [0.4, 0.5) is 5.69 Å². The zero-order chi connectivity index (χ0) is 27.8. The lowest BCUT2D eigenvalue weighted by molar-refractivity contribution is -0.140. The molecule has 1 unspecified atom stereocenters. The Morgan fingerprint density at radius 2 is 1.76 bits per heavy atom. The van der Waals surface area contributed by atoms with E-state index in [-0.39, 0.29) is 12.5 Å². The minimum atomic E-state index is -4.01. The lowest BCUT2D eigenvalue weighted by Gasteiger charge is -2.34. The molecule has 37 heavy (non-hydrogen) atoms. The molecule has 0 aromatic heterocycles. The number of benzene rings is 2. The highest BCUT2D eigenvalue weighted by Crippen LogP contribution is 2.26. The van der Waals surface area contributed by atoms with Gasteiger partial charge in [-0.15, -0.1) is 0 Å². The van der Waals surface area contributed by atoms with Gasteiger partial charge in [-0.25, -0.2) is 4.31 Å². The third kappa shape index (κ3) is 7.69. The van der Waals surface area contributed by atoms with E-state index in [2.05, 4.69) is 5.32 Å². The van der Waals surface area contributed by atoms with Gasteiger partial charge >= 0.3 is 10.2 Å². The van der Waals surface area contributed by atoms with Gasteiger partial charge in [-0.05, 0) is 61.6 Å². The normalized spacial score (nSPS) is 12.2. The first-order valence-corrected chi connectivity index (χ1v) is 13.8. The van der Waals surface area contributed by atoms with E-state index in [9.17, 15) is 18.0 Å². The van der Waals surface area contributed by atoms with Crippen molar-refractivity contribution in [2.45, 2.75) is 53.1 Å². The molecule has 1 atom stereocenters. The number of hydrogen-bond acceptors (Lipinski definition) is 5. The number of nitrogens with one attached hydrogen (secondary N) is 1. The third-order valence-electron chi connectivity index (χ3n) is 6.07. The van der Waals surface area contributed by atoms with Crippen LogP contribution in [0.3, 0.4) is 0 Å². The average molecular weight is 533 g/mol. The summed E-state index contributed by atoms with van der Waals surface area (Å²) < 4.78 is 34.3. The molecule has 0 heterocycles. The highest BCUT2D eigenvalue weighted by atomic mass is 32.2. The lowest BCUT2D eigenvalue weighted by Crippen LogP contribution is -2.53. The molecule has 2 rings (SSSR count). The number of aryl methyl sites for hydroxylation is 2. The first kappa shape index (κ1) is 30.1. The van der Waals surface area contributed by atoms with E-state index in [0.29, 0.717) is 24.4 Å². The minimum absolute atomic E-state index is 0.122. The molecule has 2 aromatic carbocycles. The second-order valence-electron chi connectivity index (χ2n) is 9.17. The van der Waals surface area contributed by atoms with Crippen LogP contribution in [0.15, 0.2) is 42.5 Å². The van der Waals surface area contributed by atoms with Crippen molar-refractivity contribution >= 4 is 27.7 Å². The monoisotopic (exact) mass is 532 g/mol. The van der Waals surface area contributed by atoms with Crippen LogP contribution in [-0.4, -0.2) is 69.8 Å². The second kappa shape index (κ2) is 13.4. The molecule has 0 aliphatic rings. The number of rotatable bonds is 13. The highest BCUT2D eigenvalue weighted by molar-refractivity contribution is 7.90.